The Morgan fingerprint density at radius 1 is 1.33 bits per heavy atom. The van der Waals surface area contributed by atoms with Crippen molar-refractivity contribution in [3.05, 3.63) is 52.2 Å². The molecule has 0 atom stereocenters. The second-order valence-corrected chi connectivity index (χ2v) is 8.06. The van der Waals surface area contributed by atoms with Gasteiger partial charge in [-0.3, -0.25) is 4.79 Å². The van der Waals surface area contributed by atoms with Crippen LogP contribution in [-0.2, 0) is 26.1 Å². The molecule has 0 radical (unpaired) electrons. The predicted octanol–water partition coefficient (Wildman–Crippen LogP) is 1.47. The molecule has 1 aromatic carbocycles. The van der Waals surface area contributed by atoms with E-state index in [2.05, 4.69) is 10.6 Å². The maximum atomic E-state index is 12.1. The molecule has 0 unspecified atom stereocenters. The van der Waals surface area contributed by atoms with E-state index in [1.54, 1.807) is 7.05 Å². The normalized spacial score (nSPS) is 10.8. The second kappa shape index (κ2) is 9.32. The number of nitrogens with one attached hydrogen (secondary N) is 1. The first-order chi connectivity index (χ1) is 12.8. The van der Waals surface area contributed by atoms with Crippen LogP contribution in [0.25, 0.3) is 0 Å². The van der Waals surface area contributed by atoms with E-state index >= 15 is 0 Å². The van der Waals surface area contributed by atoms with Gasteiger partial charge in [-0.25, -0.2) is 13.2 Å². The maximum Gasteiger partial charge on any atom is 0.338 e. The summed E-state index contributed by atoms with van der Waals surface area (Å²) in [6.07, 6.45) is 5.04. The van der Waals surface area contributed by atoms with E-state index < -0.39 is 22.6 Å². The van der Waals surface area contributed by atoms with Crippen molar-refractivity contribution in [2.45, 2.75) is 11.4 Å². The number of esters is 1. The Morgan fingerprint density at radius 3 is 2.78 bits per heavy atom. The van der Waals surface area contributed by atoms with Crippen LogP contribution < -0.4 is 4.72 Å². The molecule has 0 spiro atoms. The number of rotatable bonds is 8. The minimum atomic E-state index is -3.83. The molecule has 0 aliphatic carbocycles. The van der Waals surface area contributed by atoms with Crippen LogP contribution in [0.15, 0.2) is 46.0 Å². The maximum absolute atomic E-state index is 12.1. The second-order valence-electron chi connectivity index (χ2n) is 5.51. The summed E-state index contributed by atoms with van der Waals surface area (Å²) < 4.78 is 31.3. The van der Waals surface area contributed by atoms with Gasteiger partial charge in [0.15, 0.2) is 6.61 Å². The molecule has 1 amide bonds. The first-order valence-corrected chi connectivity index (χ1v) is 10.2. The van der Waals surface area contributed by atoms with Crippen LogP contribution in [0.2, 0.25) is 0 Å². The molecule has 0 fully saturated rings. The van der Waals surface area contributed by atoms with Gasteiger partial charge < -0.3 is 9.64 Å². The van der Waals surface area contributed by atoms with E-state index in [9.17, 15) is 18.0 Å². The molecule has 2 aromatic rings. The summed E-state index contributed by atoms with van der Waals surface area (Å²) in [5, 5.41) is 3.84. The molecule has 0 bridgehead atoms. The zero-order valence-electron chi connectivity index (χ0n) is 14.5. The highest BCUT2D eigenvalue weighted by atomic mass is 32.2. The summed E-state index contributed by atoms with van der Waals surface area (Å²) in [4.78, 5) is 25.5. The van der Waals surface area contributed by atoms with Crippen LogP contribution in [0.5, 0.6) is 0 Å². The van der Waals surface area contributed by atoms with Gasteiger partial charge in [-0.05, 0) is 40.6 Å². The van der Waals surface area contributed by atoms with Gasteiger partial charge in [0.25, 0.3) is 5.91 Å². The fraction of sp³-hybridized carbons (Fsp3) is 0.222. The van der Waals surface area contributed by atoms with Gasteiger partial charge in [0.1, 0.15) is 0 Å². The third kappa shape index (κ3) is 5.92. The lowest BCUT2D eigenvalue weighted by Gasteiger charge is -2.16. The fourth-order valence-corrected chi connectivity index (χ4v) is 3.72. The molecule has 0 saturated heterocycles. The lowest BCUT2D eigenvalue weighted by atomic mass is 10.2. The molecule has 1 aromatic heterocycles. The minimum Gasteiger partial charge on any atom is -0.452 e. The summed E-state index contributed by atoms with van der Waals surface area (Å²) in [5.74, 6) is 1.01. The largest absolute Gasteiger partial charge is 0.452 e. The van der Waals surface area contributed by atoms with Crippen molar-refractivity contribution in [2.75, 3.05) is 20.2 Å². The van der Waals surface area contributed by atoms with Crippen LogP contribution in [0.3, 0.4) is 0 Å². The van der Waals surface area contributed by atoms with Crippen molar-refractivity contribution in [2.24, 2.45) is 0 Å². The quantitative estimate of drug-likeness (QED) is 0.529. The zero-order chi connectivity index (χ0) is 19.9. The van der Waals surface area contributed by atoms with Crippen molar-refractivity contribution in [1.29, 1.82) is 0 Å². The van der Waals surface area contributed by atoms with Crippen molar-refractivity contribution in [3.8, 4) is 12.3 Å². The van der Waals surface area contributed by atoms with Crippen molar-refractivity contribution in [1.82, 2.24) is 9.62 Å². The van der Waals surface area contributed by atoms with E-state index in [-0.39, 0.29) is 22.9 Å². The number of terminal acetylenes is 1. The highest BCUT2D eigenvalue weighted by Gasteiger charge is 2.18. The van der Waals surface area contributed by atoms with Gasteiger partial charge in [0.2, 0.25) is 10.0 Å². The Hall–Kier alpha value is -2.67. The minimum absolute atomic E-state index is 0.0203. The lowest BCUT2D eigenvalue weighted by Crippen LogP contribution is -2.30. The van der Waals surface area contributed by atoms with Crippen molar-refractivity contribution < 1.29 is 22.7 Å². The van der Waals surface area contributed by atoms with E-state index in [0.717, 1.165) is 5.56 Å². The summed E-state index contributed by atoms with van der Waals surface area (Å²) in [6.45, 7) is -0.192. The Morgan fingerprint density at radius 2 is 2.11 bits per heavy atom. The Bertz CT molecular complexity index is 946. The Labute approximate surface area is 162 Å². The number of carbonyl (C=O) groups is 2. The van der Waals surface area contributed by atoms with Gasteiger partial charge in [-0.1, -0.05) is 12.0 Å². The number of carbonyl (C=O) groups excluding carboxylic acids is 2. The van der Waals surface area contributed by atoms with Crippen LogP contribution in [-0.4, -0.2) is 45.4 Å². The Balaban J connectivity index is 1.97. The van der Waals surface area contributed by atoms with E-state index in [1.807, 2.05) is 16.8 Å². The first-order valence-electron chi connectivity index (χ1n) is 7.79. The number of thiophene rings is 1. The third-order valence-electron chi connectivity index (χ3n) is 3.50. The SMILES string of the molecule is C#CCNS(=O)(=O)c1cccc(C(=O)OCC(=O)N(C)Cc2ccsc2)c1. The fourth-order valence-electron chi connectivity index (χ4n) is 2.08. The molecule has 2 rings (SSSR count). The van der Waals surface area contributed by atoms with Crippen LogP contribution >= 0.6 is 11.3 Å². The van der Waals surface area contributed by atoms with Crippen LogP contribution in [0.1, 0.15) is 15.9 Å². The summed E-state index contributed by atoms with van der Waals surface area (Å²) in [7, 11) is -2.22. The van der Waals surface area contributed by atoms with Crippen molar-refractivity contribution in [3.63, 3.8) is 0 Å². The number of benzene rings is 1. The lowest BCUT2D eigenvalue weighted by molar-refractivity contribution is -0.133. The molecule has 0 aliphatic heterocycles. The number of hydrogen-bond acceptors (Lipinski definition) is 6. The number of nitrogens with zero attached hydrogens (tertiary/aromatic N) is 1. The molecule has 27 heavy (non-hydrogen) atoms. The van der Waals surface area contributed by atoms with Crippen LogP contribution in [0, 0.1) is 12.3 Å². The van der Waals surface area contributed by atoms with E-state index in [1.165, 1.54) is 40.5 Å². The van der Waals surface area contributed by atoms with Gasteiger partial charge in [0, 0.05) is 13.6 Å². The molecule has 7 nitrogen and oxygen atoms in total. The van der Waals surface area contributed by atoms with Gasteiger partial charge in [0.05, 0.1) is 17.0 Å². The summed E-state index contributed by atoms with van der Waals surface area (Å²) in [5.41, 5.74) is 1.01. The highest BCUT2D eigenvalue weighted by Crippen LogP contribution is 2.13. The molecular weight excluding hydrogens is 388 g/mol. The summed E-state index contributed by atoms with van der Waals surface area (Å²) >= 11 is 1.53. The number of sulfonamides is 1. The Kier molecular flexibility index (Phi) is 7.12. The smallest absolute Gasteiger partial charge is 0.338 e. The number of ether oxygens (including phenoxy) is 1. The monoisotopic (exact) mass is 406 g/mol. The topological polar surface area (TPSA) is 92.8 Å². The number of amides is 1. The van der Waals surface area contributed by atoms with Gasteiger partial charge in [-0.15, -0.1) is 6.42 Å². The third-order valence-corrected chi connectivity index (χ3v) is 5.63. The summed E-state index contributed by atoms with van der Waals surface area (Å²) in [6, 6.07) is 7.21. The standard InChI is InChI=1S/C18H18N2O5S2/c1-3-8-19-27(23,24)16-6-4-5-15(10-16)18(22)25-12-17(21)20(2)11-14-7-9-26-13-14/h1,4-7,9-10,13,19H,8,11-12H2,2H3. The first kappa shape index (κ1) is 20.6. The molecule has 1 heterocycles. The average molecular weight is 406 g/mol. The molecule has 9 heteroatoms. The molecule has 1 N–H and O–H groups in total. The molecular formula is C18H18N2O5S2. The molecule has 0 saturated carbocycles. The van der Waals surface area contributed by atoms with Crippen molar-refractivity contribution >= 4 is 33.2 Å². The predicted molar refractivity (Wildman–Crippen MR) is 102 cm³/mol. The van der Waals surface area contributed by atoms with Gasteiger partial charge in [-0.2, -0.15) is 16.1 Å². The number of hydrogen-bond donors (Lipinski definition) is 1. The van der Waals surface area contributed by atoms with E-state index in [0.29, 0.717) is 6.54 Å². The van der Waals surface area contributed by atoms with Crippen LogP contribution in [0.4, 0.5) is 0 Å². The number of likely N-dealkylation sites (N-methyl/N-ethyl adjacent to an activating group) is 1. The average Bonchev–Trinajstić information content (AvgIpc) is 3.17. The highest BCUT2D eigenvalue weighted by molar-refractivity contribution is 7.89. The van der Waals surface area contributed by atoms with E-state index in [4.69, 9.17) is 11.2 Å². The molecule has 142 valence electrons. The zero-order valence-corrected chi connectivity index (χ0v) is 16.2. The molecule has 0 aliphatic rings. The van der Waals surface area contributed by atoms with Gasteiger partial charge >= 0.3 is 5.97 Å².